The second-order valence-corrected chi connectivity index (χ2v) is 6.69. The van der Waals surface area contributed by atoms with Crippen LogP contribution in [-0.2, 0) is 22.6 Å². The largest absolute Gasteiger partial charge is 0.456 e. The third-order valence-corrected chi connectivity index (χ3v) is 4.73. The zero-order valence-corrected chi connectivity index (χ0v) is 16.3. The molecule has 0 radical (unpaired) electrons. The van der Waals surface area contributed by atoms with Gasteiger partial charge in [0.05, 0.1) is 17.2 Å². The van der Waals surface area contributed by atoms with Crippen LogP contribution in [0.25, 0.3) is 11.0 Å². The number of benzene rings is 1. The molecule has 0 atom stereocenters. The Labute approximate surface area is 162 Å². The minimum Gasteiger partial charge on any atom is -0.456 e. The number of Topliss-reactive ketones (excluding diaryl/α,β-unsaturated/α-hetero) is 1. The molecule has 0 amide bonds. The summed E-state index contributed by atoms with van der Waals surface area (Å²) in [4.78, 5) is 40.9. The first-order valence-corrected chi connectivity index (χ1v) is 9.22. The van der Waals surface area contributed by atoms with Gasteiger partial charge in [-0.1, -0.05) is 19.1 Å². The normalized spacial score (nSPS) is 11.0. The summed E-state index contributed by atoms with van der Waals surface area (Å²) in [5.41, 5.74) is 3.19. The molecule has 1 aromatic carbocycles. The lowest BCUT2D eigenvalue weighted by atomic mass is 10.1. The van der Waals surface area contributed by atoms with Gasteiger partial charge in [0.1, 0.15) is 6.54 Å². The summed E-state index contributed by atoms with van der Waals surface area (Å²) >= 11 is 0. The standard InChI is InChI=1S/C21H23N3O4/c1-4-9-23-14(2)10-16(15(23)3)19(25)13-28-21(27)12-24-18-8-6-5-7-17(18)22-11-20(24)26/h5-8,10-11H,4,9,12-13H2,1-3H3. The van der Waals surface area contributed by atoms with E-state index >= 15 is 0 Å². The quantitative estimate of drug-likeness (QED) is 0.464. The number of ketones is 1. The summed E-state index contributed by atoms with van der Waals surface area (Å²) in [6.45, 7) is 6.12. The number of nitrogens with zero attached hydrogens (tertiary/aromatic N) is 3. The van der Waals surface area contributed by atoms with Crippen molar-refractivity contribution < 1.29 is 14.3 Å². The summed E-state index contributed by atoms with van der Waals surface area (Å²) in [7, 11) is 0. The Balaban J connectivity index is 1.70. The van der Waals surface area contributed by atoms with E-state index in [0.717, 1.165) is 24.4 Å². The molecule has 0 N–H and O–H groups in total. The van der Waals surface area contributed by atoms with Crippen molar-refractivity contribution in [1.29, 1.82) is 0 Å². The van der Waals surface area contributed by atoms with Gasteiger partial charge in [-0.15, -0.1) is 0 Å². The lowest BCUT2D eigenvalue weighted by molar-refractivity contribution is -0.143. The van der Waals surface area contributed by atoms with Crippen molar-refractivity contribution >= 4 is 22.8 Å². The highest BCUT2D eigenvalue weighted by molar-refractivity contribution is 5.99. The maximum Gasteiger partial charge on any atom is 0.326 e. The molecule has 2 aromatic heterocycles. The van der Waals surface area contributed by atoms with Crippen LogP contribution in [0.5, 0.6) is 0 Å². The molecule has 2 heterocycles. The van der Waals surface area contributed by atoms with E-state index in [2.05, 4.69) is 16.5 Å². The van der Waals surface area contributed by atoms with Crippen LogP contribution in [0.4, 0.5) is 0 Å². The molecule has 0 unspecified atom stereocenters. The van der Waals surface area contributed by atoms with E-state index in [4.69, 9.17) is 4.74 Å². The zero-order chi connectivity index (χ0) is 20.3. The number of para-hydroxylation sites is 2. The van der Waals surface area contributed by atoms with Crippen molar-refractivity contribution in [2.75, 3.05) is 6.61 Å². The molecule has 0 saturated carbocycles. The first-order chi connectivity index (χ1) is 13.4. The molecule has 0 aliphatic carbocycles. The monoisotopic (exact) mass is 381 g/mol. The first-order valence-electron chi connectivity index (χ1n) is 9.22. The number of fused-ring (bicyclic) bond motifs is 1. The SMILES string of the molecule is CCCn1c(C)cc(C(=O)COC(=O)Cn2c(=O)cnc3ccccc32)c1C. The second kappa shape index (κ2) is 8.21. The van der Waals surface area contributed by atoms with Gasteiger partial charge in [0.15, 0.2) is 6.61 Å². The summed E-state index contributed by atoms with van der Waals surface area (Å²) in [5.74, 6) is -0.898. The molecule has 3 aromatic rings. The Hall–Kier alpha value is -3.22. The smallest absolute Gasteiger partial charge is 0.326 e. The van der Waals surface area contributed by atoms with Crippen LogP contribution in [0.3, 0.4) is 0 Å². The molecule has 7 heteroatoms. The maximum absolute atomic E-state index is 12.5. The molecule has 0 saturated heterocycles. The number of hydrogen-bond donors (Lipinski definition) is 0. The number of ether oxygens (including phenoxy) is 1. The number of carbonyl (C=O) groups excluding carboxylic acids is 2. The van der Waals surface area contributed by atoms with E-state index in [9.17, 15) is 14.4 Å². The summed E-state index contributed by atoms with van der Waals surface area (Å²) in [5, 5.41) is 0. The average Bonchev–Trinajstić information content (AvgIpc) is 2.97. The molecular formula is C21H23N3O4. The van der Waals surface area contributed by atoms with Gasteiger partial charge < -0.3 is 9.30 Å². The van der Waals surface area contributed by atoms with Gasteiger partial charge in [-0.2, -0.15) is 0 Å². The lowest BCUT2D eigenvalue weighted by Gasteiger charge is -2.10. The van der Waals surface area contributed by atoms with Crippen LogP contribution in [0, 0.1) is 13.8 Å². The van der Waals surface area contributed by atoms with Crippen molar-refractivity contribution in [2.45, 2.75) is 40.3 Å². The molecule has 3 rings (SSSR count). The Morgan fingerprint density at radius 3 is 2.64 bits per heavy atom. The van der Waals surface area contributed by atoms with Crippen LogP contribution in [0.15, 0.2) is 41.3 Å². The summed E-state index contributed by atoms with van der Waals surface area (Å²) in [6, 6.07) is 8.86. The molecule has 0 aliphatic heterocycles. The number of hydrogen-bond acceptors (Lipinski definition) is 5. The maximum atomic E-state index is 12.5. The fourth-order valence-corrected chi connectivity index (χ4v) is 3.33. The fourth-order valence-electron chi connectivity index (χ4n) is 3.33. The minimum absolute atomic E-state index is 0.254. The molecule has 0 fully saturated rings. The number of rotatable bonds is 7. The minimum atomic E-state index is -0.644. The molecule has 0 bridgehead atoms. The van der Waals surface area contributed by atoms with Crippen LogP contribution >= 0.6 is 0 Å². The number of aromatic nitrogens is 3. The van der Waals surface area contributed by atoms with Gasteiger partial charge in [-0.25, -0.2) is 4.98 Å². The van der Waals surface area contributed by atoms with Gasteiger partial charge in [-0.3, -0.25) is 19.0 Å². The van der Waals surface area contributed by atoms with E-state index in [-0.39, 0.29) is 18.9 Å². The summed E-state index contributed by atoms with van der Waals surface area (Å²) in [6.07, 6.45) is 2.14. The lowest BCUT2D eigenvalue weighted by Crippen LogP contribution is -2.27. The number of carbonyl (C=O) groups is 2. The molecule has 146 valence electrons. The van der Waals surface area contributed by atoms with Crippen molar-refractivity contribution in [3.05, 3.63) is 63.8 Å². The third kappa shape index (κ3) is 3.88. The second-order valence-electron chi connectivity index (χ2n) is 6.69. The van der Waals surface area contributed by atoms with E-state index in [1.54, 1.807) is 24.3 Å². The Morgan fingerprint density at radius 2 is 1.89 bits per heavy atom. The van der Waals surface area contributed by atoms with Crippen molar-refractivity contribution in [1.82, 2.24) is 14.1 Å². The van der Waals surface area contributed by atoms with Crippen molar-refractivity contribution in [3.63, 3.8) is 0 Å². The topological polar surface area (TPSA) is 83.2 Å². The third-order valence-electron chi connectivity index (χ3n) is 4.73. The van der Waals surface area contributed by atoms with Crippen LogP contribution < -0.4 is 5.56 Å². The van der Waals surface area contributed by atoms with Crippen LogP contribution in [0.2, 0.25) is 0 Å². The molecule has 7 nitrogen and oxygen atoms in total. The van der Waals surface area contributed by atoms with E-state index < -0.39 is 11.5 Å². The highest BCUT2D eigenvalue weighted by atomic mass is 16.5. The molecule has 0 aliphatic rings. The van der Waals surface area contributed by atoms with Gasteiger partial charge in [0.2, 0.25) is 5.78 Å². The van der Waals surface area contributed by atoms with Gasteiger partial charge in [-0.05, 0) is 38.5 Å². The number of esters is 1. The van der Waals surface area contributed by atoms with Crippen LogP contribution in [-0.4, -0.2) is 32.5 Å². The predicted molar refractivity (Wildman–Crippen MR) is 105 cm³/mol. The highest BCUT2D eigenvalue weighted by Crippen LogP contribution is 2.16. The fraction of sp³-hybridized carbons (Fsp3) is 0.333. The highest BCUT2D eigenvalue weighted by Gasteiger charge is 2.18. The van der Waals surface area contributed by atoms with Crippen molar-refractivity contribution in [2.24, 2.45) is 0 Å². The number of aryl methyl sites for hydroxylation is 1. The van der Waals surface area contributed by atoms with E-state index in [0.29, 0.717) is 16.6 Å². The van der Waals surface area contributed by atoms with E-state index in [1.165, 1.54) is 10.8 Å². The van der Waals surface area contributed by atoms with Crippen molar-refractivity contribution in [3.8, 4) is 0 Å². The Kier molecular flexibility index (Phi) is 5.73. The average molecular weight is 381 g/mol. The zero-order valence-electron chi connectivity index (χ0n) is 16.3. The molecule has 28 heavy (non-hydrogen) atoms. The van der Waals surface area contributed by atoms with Crippen LogP contribution in [0.1, 0.15) is 35.1 Å². The molecule has 0 spiro atoms. The van der Waals surface area contributed by atoms with E-state index in [1.807, 2.05) is 19.9 Å². The Morgan fingerprint density at radius 1 is 1.14 bits per heavy atom. The molecular weight excluding hydrogens is 358 g/mol. The Bertz CT molecular complexity index is 1090. The predicted octanol–water partition coefficient (Wildman–Crippen LogP) is 2.65. The van der Waals surface area contributed by atoms with Gasteiger partial charge >= 0.3 is 5.97 Å². The summed E-state index contributed by atoms with van der Waals surface area (Å²) < 4.78 is 8.53. The van der Waals surface area contributed by atoms with Gasteiger partial charge in [0.25, 0.3) is 5.56 Å². The first kappa shape index (κ1) is 19.5. The van der Waals surface area contributed by atoms with Gasteiger partial charge in [0, 0.05) is 23.5 Å².